The number of aryl methyl sites for hydroxylation is 1. The Hall–Kier alpha value is -1.08. The summed E-state index contributed by atoms with van der Waals surface area (Å²) in [7, 11) is 0. The van der Waals surface area contributed by atoms with Crippen LogP contribution in [0.5, 0.6) is 0 Å². The molecule has 0 aliphatic carbocycles. The van der Waals surface area contributed by atoms with E-state index in [1.54, 1.807) is 5.51 Å². The van der Waals surface area contributed by atoms with Gasteiger partial charge in [-0.2, -0.15) is 0 Å². The Labute approximate surface area is 82.8 Å². The van der Waals surface area contributed by atoms with Gasteiger partial charge in [0.1, 0.15) is 22.2 Å². The van der Waals surface area contributed by atoms with Gasteiger partial charge in [-0.1, -0.05) is 11.3 Å². The Bertz CT molecular complexity index is 393. The molecule has 2 aromatic heterocycles. The largest absolute Gasteiger partial charge is 0.383 e. The fraction of sp³-hybridized carbons (Fsp3) is 0.167. The third kappa shape index (κ3) is 1.81. The average molecular weight is 213 g/mol. The smallest absolute Gasteiger partial charge is 0.180 e. The van der Waals surface area contributed by atoms with Crippen LogP contribution >= 0.6 is 23.1 Å². The van der Waals surface area contributed by atoms with Crippen LogP contribution in [0.15, 0.2) is 14.9 Å². The summed E-state index contributed by atoms with van der Waals surface area (Å²) in [6.45, 7) is 1.86. The third-order valence-electron chi connectivity index (χ3n) is 1.34. The van der Waals surface area contributed by atoms with Gasteiger partial charge in [-0.25, -0.2) is 4.98 Å². The van der Waals surface area contributed by atoms with Crippen molar-refractivity contribution in [2.75, 3.05) is 5.73 Å². The monoisotopic (exact) mass is 213 g/mol. The van der Waals surface area contributed by atoms with Crippen molar-refractivity contribution >= 4 is 28.9 Å². The predicted molar refractivity (Wildman–Crippen MR) is 51.8 cm³/mol. The van der Waals surface area contributed by atoms with Gasteiger partial charge in [0.2, 0.25) is 0 Å². The van der Waals surface area contributed by atoms with Gasteiger partial charge in [-0.05, 0) is 18.7 Å². The van der Waals surface area contributed by atoms with Crippen LogP contribution in [0.3, 0.4) is 0 Å². The molecule has 0 unspecified atom stereocenters. The number of aromatic nitrogens is 4. The molecule has 0 aromatic carbocycles. The maximum Gasteiger partial charge on any atom is 0.180 e. The molecule has 0 amide bonds. The normalized spacial score (nSPS) is 10.5. The van der Waals surface area contributed by atoms with E-state index in [2.05, 4.69) is 20.2 Å². The average Bonchev–Trinajstić information content (AvgIpc) is 2.63. The zero-order valence-corrected chi connectivity index (χ0v) is 8.45. The van der Waals surface area contributed by atoms with Gasteiger partial charge >= 0.3 is 0 Å². The number of nitrogens with one attached hydrogen (secondary N) is 1. The molecule has 2 aromatic rings. The first kappa shape index (κ1) is 8.52. The van der Waals surface area contributed by atoms with E-state index >= 15 is 0 Å². The molecule has 0 spiro atoms. The van der Waals surface area contributed by atoms with Crippen molar-refractivity contribution in [3.8, 4) is 0 Å². The predicted octanol–water partition coefficient (Wildman–Crippen LogP) is 1.30. The first-order chi connectivity index (χ1) is 6.25. The number of imidazole rings is 1. The summed E-state index contributed by atoms with van der Waals surface area (Å²) in [6.07, 6.45) is 0. The van der Waals surface area contributed by atoms with Crippen LogP contribution in [0.4, 0.5) is 5.82 Å². The number of hydrogen-bond donors (Lipinski definition) is 2. The first-order valence-corrected chi connectivity index (χ1v) is 5.21. The SMILES string of the molecule is Cc1nc(Sc2nncs2)c(N)[nH]1. The summed E-state index contributed by atoms with van der Waals surface area (Å²) >= 11 is 2.89. The van der Waals surface area contributed by atoms with E-state index in [1.165, 1.54) is 23.1 Å². The van der Waals surface area contributed by atoms with E-state index in [4.69, 9.17) is 5.73 Å². The molecular weight excluding hydrogens is 206 g/mol. The standard InChI is InChI=1S/C6H7N5S2/c1-3-9-4(7)5(10-3)13-6-11-8-2-12-6/h2H,7H2,1H3,(H,9,10). The molecule has 0 aliphatic heterocycles. The van der Waals surface area contributed by atoms with Crippen LogP contribution in [0.2, 0.25) is 0 Å². The summed E-state index contributed by atoms with van der Waals surface area (Å²) < 4.78 is 0.846. The minimum absolute atomic E-state index is 0.581. The second-order valence-electron chi connectivity index (χ2n) is 2.35. The second kappa shape index (κ2) is 3.35. The fourth-order valence-corrected chi connectivity index (χ4v) is 2.29. The molecule has 0 radical (unpaired) electrons. The van der Waals surface area contributed by atoms with Crippen molar-refractivity contribution in [1.82, 2.24) is 20.2 Å². The van der Waals surface area contributed by atoms with Gasteiger partial charge in [-0.15, -0.1) is 10.2 Å². The number of anilines is 1. The lowest BCUT2D eigenvalue weighted by Gasteiger charge is -1.90. The molecule has 5 nitrogen and oxygen atoms in total. The number of H-pyrrole nitrogens is 1. The molecule has 3 N–H and O–H groups in total. The Balaban J connectivity index is 2.23. The minimum Gasteiger partial charge on any atom is -0.383 e. The number of nitrogens with zero attached hydrogens (tertiary/aromatic N) is 3. The first-order valence-electron chi connectivity index (χ1n) is 3.52. The molecule has 0 saturated carbocycles. The van der Waals surface area contributed by atoms with E-state index in [-0.39, 0.29) is 0 Å². The molecule has 0 aliphatic rings. The lowest BCUT2D eigenvalue weighted by atomic mass is 10.8. The molecule has 0 fully saturated rings. The van der Waals surface area contributed by atoms with Crippen molar-refractivity contribution in [3.63, 3.8) is 0 Å². The minimum atomic E-state index is 0.581. The molecule has 7 heteroatoms. The van der Waals surface area contributed by atoms with E-state index in [0.29, 0.717) is 5.82 Å². The number of nitrogens with two attached hydrogens (primary N) is 1. The van der Waals surface area contributed by atoms with Crippen molar-refractivity contribution in [3.05, 3.63) is 11.3 Å². The van der Waals surface area contributed by atoms with Gasteiger partial charge < -0.3 is 10.7 Å². The highest BCUT2D eigenvalue weighted by atomic mass is 32.2. The Kier molecular flexibility index (Phi) is 2.19. The van der Waals surface area contributed by atoms with Crippen LogP contribution in [0.25, 0.3) is 0 Å². The van der Waals surface area contributed by atoms with Crippen molar-refractivity contribution in [1.29, 1.82) is 0 Å². The number of aromatic amines is 1. The molecule has 2 heterocycles. The van der Waals surface area contributed by atoms with E-state index < -0.39 is 0 Å². The molecule has 0 bridgehead atoms. The lowest BCUT2D eigenvalue weighted by molar-refractivity contribution is 1.01. The number of nitrogen functional groups attached to an aromatic ring is 1. The molecular formula is C6H7N5S2. The zero-order chi connectivity index (χ0) is 9.26. The summed E-state index contributed by atoms with van der Waals surface area (Å²) in [4.78, 5) is 7.13. The maximum absolute atomic E-state index is 5.68. The number of rotatable bonds is 2. The topological polar surface area (TPSA) is 80.5 Å². The highest BCUT2D eigenvalue weighted by molar-refractivity contribution is 8.01. The zero-order valence-electron chi connectivity index (χ0n) is 6.81. The van der Waals surface area contributed by atoms with Crippen LogP contribution < -0.4 is 5.73 Å². The van der Waals surface area contributed by atoms with E-state index in [1.807, 2.05) is 6.92 Å². The lowest BCUT2D eigenvalue weighted by Crippen LogP contribution is -1.86. The van der Waals surface area contributed by atoms with Crippen molar-refractivity contribution < 1.29 is 0 Å². The van der Waals surface area contributed by atoms with Crippen LogP contribution in [0, 0.1) is 6.92 Å². The Morgan fingerprint density at radius 1 is 1.62 bits per heavy atom. The van der Waals surface area contributed by atoms with Crippen molar-refractivity contribution in [2.45, 2.75) is 16.3 Å². The van der Waals surface area contributed by atoms with Gasteiger partial charge in [0.25, 0.3) is 0 Å². The van der Waals surface area contributed by atoms with Crippen molar-refractivity contribution in [2.24, 2.45) is 0 Å². The van der Waals surface area contributed by atoms with E-state index in [0.717, 1.165) is 15.2 Å². The summed E-state index contributed by atoms with van der Waals surface area (Å²) in [5.74, 6) is 1.39. The van der Waals surface area contributed by atoms with Crippen LogP contribution in [-0.4, -0.2) is 20.2 Å². The quantitative estimate of drug-likeness (QED) is 0.786. The Morgan fingerprint density at radius 2 is 2.46 bits per heavy atom. The van der Waals surface area contributed by atoms with Gasteiger partial charge in [0.05, 0.1) is 0 Å². The molecule has 2 rings (SSSR count). The summed E-state index contributed by atoms with van der Waals surface area (Å²) in [6, 6.07) is 0. The number of hydrogen-bond acceptors (Lipinski definition) is 6. The highest BCUT2D eigenvalue weighted by Gasteiger charge is 2.08. The van der Waals surface area contributed by atoms with Crippen LogP contribution in [-0.2, 0) is 0 Å². The second-order valence-corrected chi connectivity index (χ2v) is 4.42. The molecule has 0 saturated heterocycles. The molecule has 68 valence electrons. The van der Waals surface area contributed by atoms with Gasteiger partial charge in [0.15, 0.2) is 4.34 Å². The Morgan fingerprint density at radius 3 is 3.00 bits per heavy atom. The fourth-order valence-electron chi connectivity index (χ4n) is 0.857. The highest BCUT2D eigenvalue weighted by Crippen LogP contribution is 2.30. The summed E-state index contributed by atoms with van der Waals surface area (Å²) in [5.41, 5.74) is 7.35. The van der Waals surface area contributed by atoms with Gasteiger partial charge in [-0.3, -0.25) is 0 Å². The van der Waals surface area contributed by atoms with Gasteiger partial charge in [0, 0.05) is 0 Å². The van der Waals surface area contributed by atoms with Crippen LogP contribution in [0.1, 0.15) is 5.82 Å². The third-order valence-corrected chi connectivity index (χ3v) is 3.12. The summed E-state index contributed by atoms with van der Waals surface area (Å²) in [5, 5.41) is 8.37. The molecule has 0 atom stereocenters. The maximum atomic E-state index is 5.68. The van der Waals surface area contributed by atoms with E-state index in [9.17, 15) is 0 Å². The molecule has 13 heavy (non-hydrogen) atoms.